The van der Waals surface area contributed by atoms with Gasteiger partial charge in [0.2, 0.25) is 11.9 Å². The molecule has 0 aliphatic heterocycles. The smallest absolute Gasteiger partial charge is 0.232 e. The number of benzene rings is 2. The van der Waals surface area contributed by atoms with Gasteiger partial charge >= 0.3 is 0 Å². The highest BCUT2D eigenvalue weighted by Gasteiger charge is 2.09. The van der Waals surface area contributed by atoms with Crippen molar-refractivity contribution in [3.05, 3.63) is 65.5 Å². The molecule has 0 spiro atoms. The lowest BCUT2D eigenvalue weighted by Crippen LogP contribution is -2.20. The van der Waals surface area contributed by atoms with E-state index < -0.39 is 0 Å². The molecule has 0 radical (unpaired) electrons. The topological polar surface area (TPSA) is 80.0 Å². The Morgan fingerprint density at radius 3 is 2.33 bits per heavy atom. The lowest BCUT2D eigenvalue weighted by Gasteiger charge is -2.16. The number of aromatic nitrogens is 3. The molecule has 6 nitrogen and oxygen atoms in total. The second-order valence-corrected chi connectivity index (χ2v) is 7.32. The SMILES string of the molecule is CSc1ccc(CN(C)Cc2nc(N)nc(Nc3ccc(C)cc3)n2)cc1. The highest BCUT2D eigenvalue weighted by atomic mass is 32.2. The Morgan fingerprint density at radius 1 is 0.963 bits per heavy atom. The molecule has 2 aromatic carbocycles. The second-order valence-electron chi connectivity index (χ2n) is 6.44. The van der Waals surface area contributed by atoms with Gasteiger partial charge in [0.05, 0.1) is 6.54 Å². The van der Waals surface area contributed by atoms with Crippen LogP contribution in [0.25, 0.3) is 0 Å². The zero-order valence-corrected chi connectivity index (χ0v) is 16.6. The molecule has 0 amide bonds. The van der Waals surface area contributed by atoms with Gasteiger partial charge in [0, 0.05) is 17.1 Å². The molecular weight excluding hydrogens is 356 g/mol. The number of rotatable bonds is 7. The third-order valence-corrected chi connectivity index (χ3v) is 4.77. The first-order chi connectivity index (χ1) is 13.0. The Hall–Kier alpha value is -2.64. The van der Waals surface area contributed by atoms with Crippen molar-refractivity contribution in [1.29, 1.82) is 0 Å². The van der Waals surface area contributed by atoms with Crippen molar-refractivity contribution in [2.75, 3.05) is 24.4 Å². The van der Waals surface area contributed by atoms with E-state index in [2.05, 4.69) is 55.7 Å². The molecule has 3 N–H and O–H groups in total. The van der Waals surface area contributed by atoms with E-state index in [0.717, 1.165) is 12.2 Å². The van der Waals surface area contributed by atoms with Crippen LogP contribution in [0.5, 0.6) is 0 Å². The van der Waals surface area contributed by atoms with Crippen molar-refractivity contribution in [3.8, 4) is 0 Å². The number of nitrogens with two attached hydrogens (primary N) is 1. The first-order valence-corrected chi connectivity index (χ1v) is 9.90. The monoisotopic (exact) mass is 380 g/mol. The number of hydrogen-bond donors (Lipinski definition) is 2. The largest absolute Gasteiger partial charge is 0.368 e. The van der Waals surface area contributed by atoms with Gasteiger partial charge < -0.3 is 11.1 Å². The summed E-state index contributed by atoms with van der Waals surface area (Å²) in [6.07, 6.45) is 2.08. The normalized spacial score (nSPS) is 11.0. The minimum atomic E-state index is 0.215. The summed E-state index contributed by atoms with van der Waals surface area (Å²) in [6, 6.07) is 16.6. The molecule has 0 bridgehead atoms. The van der Waals surface area contributed by atoms with Crippen molar-refractivity contribution < 1.29 is 0 Å². The third-order valence-electron chi connectivity index (χ3n) is 4.03. The standard InChI is InChI=1S/C20H24N6S/c1-14-4-8-16(9-5-14)22-20-24-18(23-19(21)25-20)13-26(2)12-15-6-10-17(27-3)11-7-15/h4-11H,12-13H2,1-3H3,(H3,21,22,23,24,25). The molecule has 1 aromatic heterocycles. The Kier molecular flexibility index (Phi) is 6.26. The summed E-state index contributed by atoms with van der Waals surface area (Å²) in [6.45, 7) is 3.44. The van der Waals surface area contributed by atoms with E-state index in [1.54, 1.807) is 11.8 Å². The summed E-state index contributed by atoms with van der Waals surface area (Å²) in [5.74, 6) is 1.31. The molecule has 0 aliphatic carbocycles. The van der Waals surface area contributed by atoms with Crippen LogP contribution >= 0.6 is 11.8 Å². The van der Waals surface area contributed by atoms with E-state index in [0.29, 0.717) is 18.3 Å². The van der Waals surface area contributed by atoms with E-state index in [1.807, 2.05) is 38.2 Å². The molecule has 1 heterocycles. The molecule has 140 valence electrons. The number of nitrogens with one attached hydrogen (secondary N) is 1. The molecule has 3 rings (SSSR count). The highest BCUT2D eigenvalue weighted by Crippen LogP contribution is 2.17. The van der Waals surface area contributed by atoms with Crippen LogP contribution in [0.3, 0.4) is 0 Å². The maximum absolute atomic E-state index is 5.87. The maximum atomic E-state index is 5.87. The van der Waals surface area contributed by atoms with Crippen molar-refractivity contribution in [3.63, 3.8) is 0 Å². The van der Waals surface area contributed by atoms with E-state index >= 15 is 0 Å². The molecule has 0 saturated carbocycles. The molecular formula is C20H24N6S. The van der Waals surface area contributed by atoms with E-state index in [1.165, 1.54) is 16.0 Å². The molecule has 7 heteroatoms. The van der Waals surface area contributed by atoms with Crippen LogP contribution in [0.15, 0.2) is 53.4 Å². The van der Waals surface area contributed by atoms with Crippen LogP contribution in [-0.4, -0.2) is 33.2 Å². The average Bonchev–Trinajstić information content (AvgIpc) is 2.63. The lowest BCUT2D eigenvalue weighted by atomic mass is 10.2. The predicted octanol–water partition coefficient (Wildman–Crippen LogP) is 3.86. The summed E-state index contributed by atoms with van der Waals surface area (Å²) in [5.41, 5.74) is 9.23. The summed E-state index contributed by atoms with van der Waals surface area (Å²) in [4.78, 5) is 16.4. The number of aryl methyl sites for hydroxylation is 1. The van der Waals surface area contributed by atoms with Gasteiger partial charge in [-0.15, -0.1) is 11.8 Å². The van der Waals surface area contributed by atoms with Crippen molar-refractivity contribution in [1.82, 2.24) is 19.9 Å². The number of nitrogens with zero attached hydrogens (tertiary/aromatic N) is 4. The van der Waals surface area contributed by atoms with Crippen LogP contribution in [0, 0.1) is 6.92 Å². The fraction of sp³-hybridized carbons (Fsp3) is 0.250. The first-order valence-electron chi connectivity index (χ1n) is 8.67. The van der Waals surface area contributed by atoms with Crippen LogP contribution in [0.4, 0.5) is 17.6 Å². The summed E-state index contributed by atoms with van der Waals surface area (Å²) < 4.78 is 0. The third kappa shape index (κ3) is 5.67. The van der Waals surface area contributed by atoms with E-state index in [-0.39, 0.29) is 5.95 Å². The molecule has 3 aromatic rings. The van der Waals surface area contributed by atoms with Gasteiger partial charge in [-0.2, -0.15) is 15.0 Å². The van der Waals surface area contributed by atoms with Crippen LogP contribution in [0.1, 0.15) is 17.0 Å². The fourth-order valence-corrected chi connectivity index (χ4v) is 3.08. The summed E-state index contributed by atoms with van der Waals surface area (Å²) in [5, 5.41) is 3.18. The number of anilines is 3. The van der Waals surface area contributed by atoms with Gasteiger partial charge in [0.1, 0.15) is 5.82 Å². The Bertz CT molecular complexity index is 880. The Morgan fingerprint density at radius 2 is 1.67 bits per heavy atom. The fourth-order valence-electron chi connectivity index (χ4n) is 2.67. The zero-order valence-electron chi connectivity index (χ0n) is 15.8. The maximum Gasteiger partial charge on any atom is 0.232 e. The molecule has 0 unspecified atom stereocenters. The van der Waals surface area contributed by atoms with Crippen LogP contribution < -0.4 is 11.1 Å². The molecule has 27 heavy (non-hydrogen) atoms. The number of thioether (sulfide) groups is 1. The van der Waals surface area contributed by atoms with Gasteiger partial charge in [0.15, 0.2) is 0 Å². The van der Waals surface area contributed by atoms with Crippen molar-refractivity contribution in [2.45, 2.75) is 24.9 Å². The molecule has 0 aliphatic rings. The first kappa shape index (κ1) is 19.1. The van der Waals surface area contributed by atoms with E-state index in [4.69, 9.17) is 5.73 Å². The van der Waals surface area contributed by atoms with Gasteiger partial charge in [-0.05, 0) is 50.1 Å². The van der Waals surface area contributed by atoms with E-state index in [9.17, 15) is 0 Å². The van der Waals surface area contributed by atoms with Crippen LogP contribution in [-0.2, 0) is 13.1 Å². The minimum absolute atomic E-state index is 0.215. The Labute approximate surface area is 164 Å². The zero-order chi connectivity index (χ0) is 19.2. The van der Waals surface area contributed by atoms with Gasteiger partial charge in [-0.3, -0.25) is 4.90 Å². The quantitative estimate of drug-likeness (QED) is 0.602. The molecule has 0 saturated heterocycles. The Balaban J connectivity index is 1.66. The number of hydrogen-bond acceptors (Lipinski definition) is 7. The van der Waals surface area contributed by atoms with Crippen molar-refractivity contribution >= 4 is 29.3 Å². The van der Waals surface area contributed by atoms with Gasteiger partial charge in [-0.1, -0.05) is 29.8 Å². The lowest BCUT2D eigenvalue weighted by molar-refractivity contribution is 0.310. The number of nitrogen functional groups attached to an aromatic ring is 1. The van der Waals surface area contributed by atoms with Crippen LogP contribution in [0.2, 0.25) is 0 Å². The van der Waals surface area contributed by atoms with Crippen molar-refractivity contribution in [2.24, 2.45) is 0 Å². The summed E-state index contributed by atoms with van der Waals surface area (Å²) >= 11 is 1.74. The highest BCUT2D eigenvalue weighted by molar-refractivity contribution is 7.98. The second kappa shape index (κ2) is 8.83. The summed E-state index contributed by atoms with van der Waals surface area (Å²) in [7, 11) is 2.04. The van der Waals surface area contributed by atoms with Gasteiger partial charge in [0.25, 0.3) is 0 Å². The predicted molar refractivity (Wildman–Crippen MR) is 112 cm³/mol. The van der Waals surface area contributed by atoms with Gasteiger partial charge in [-0.25, -0.2) is 0 Å². The average molecular weight is 381 g/mol. The molecule has 0 atom stereocenters. The molecule has 0 fully saturated rings. The minimum Gasteiger partial charge on any atom is -0.368 e.